The molecule has 2 rings (SSSR count). The number of nitrogens with zero attached hydrogens (tertiary/aromatic N) is 2. The van der Waals surface area contributed by atoms with Crippen molar-refractivity contribution in [3.8, 4) is 0 Å². The molecule has 1 heterocycles. The lowest BCUT2D eigenvalue weighted by molar-refractivity contribution is 0.0833. The zero-order valence-electron chi connectivity index (χ0n) is 11.6. The lowest BCUT2D eigenvalue weighted by Crippen LogP contribution is -2.23. The number of benzene rings is 1. The molecule has 0 amide bonds. The average molecular weight is 277 g/mol. The third kappa shape index (κ3) is 3.22. The lowest BCUT2D eigenvalue weighted by atomic mass is 10.1. The maximum Gasteiger partial charge on any atom is 0.246 e. The molecule has 6 heteroatoms. The van der Waals surface area contributed by atoms with Crippen molar-refractivity contribution in [2.75, 3.05) is 6.61 Å². The molecule has 0 fully saturated rings. The van der Waals surface area contributed by atoms with E-state index in [1.165, 1.54) is 0 Å². The Morgan fingerprint density at radius 2 is 2.05 bits per heavy atom. The van der Waals surface area contributed by atoms with Crippen LogP contribution in [0.25, 0.3) is 0 Å². The van der Waals surface area contributed by atoms with Gasteiger partial charge in [-0.2, -0.15) is 4.98 Å². The zero-order chi connectivity index (χ0) is 14.5. The average Bonchev–Trinajstić information content (AvgIpc) is 2.94. The second-order valence-electron chi connectivity index (χ2n) is 4.50. The summed E-state index contributed by atoms with van der Waals surface area (Å²) in [4.78, 5) is 4.24. The van der Waals surface area contributed by atoms with E-state index in [1.54, 1.807) is 6.92 Å². The minimum absolute atomic E-state index is 0.204. The number of hydrogen-bond acceptors (Lipinski definition) is 6. The fourth-order valence-electron chi connectivity index (χ4n) is 1.81. The van der Waals surface area contributed by atoms with Gasteiger partial charge in [0, 0.05) is 6.61 Å². The summed E-state index contributed by atoms with van der Waals surface area (Å²) in [6.45, 7) is 4.00. The van der Waals surface area contributed by atoms with Gasteiger partial charge in [-0.25, -0.2) is 0 Å². The SMILES string of the molecule is CCOC(c1ccccc1)c1noc([C@@H](N)[C@@H](C)O)n1. The molecule has 108 valence electrons. The number of aliphatic hydroxyl groups excluding tert-OH is 1. The molecule has 1 aromatic heterocycles. The summed E-state index contributed by atoms with van der Waals surface area (Å²) in [6.07, 6.45) is -1.16. The predicted octanol–water partition coefficient (Wildman–Crippen LogP) is 1.58. The van der Waals surface area contributed by atoms with Gasteiger partial charge in [-0.05, 0) is 19.4 Å². The summed E-state index contributed by atoms with van der Waals surface area (Å²) >= 11 is 0. The van der Waals surface area contributed by atoms with Gasteiger partial charge in [-0.15, -0.1) is 0 Å². The molecule has 3 N–H and O–H groups in total. The van der Waals surface area contributed by atoms with E-state index in [2.05, 4.69) is 10.1 Å². The monoisotopic (exact) mass is 277 g/mol. The standard InChI is InChI=1S/C14H19N3O3/c1-3-19-12(10-7-5-4-6-8-10)13-16-14(20-17-13)11(15)9(2)18/h4-9,11-12,18H,3,15H2,1-2H3/t9-,11+,12?/m1/s1. The van der Waals surface area contributed by atoms with Crippen molar-refractivity contribution < 1.29 is 14.4 Å². The van der Waals surface area contributed by atoms with Crippen LogP contribution in [0.3, 0.4) is 0 Å². The van der Waals surface area contributed by atoms with Gasteiger partial charge in [-0.1, -0.05) is 35.5 Å². The van der Waals surface area contributed by atoms with Crippen LogP contribution in [0.1, 0.15) is 43.3 Å². The molecule has 0 aliphatic heterocycles. The van der Waals surface area contributed by atoms with E-state index in [0.717, 1.165) is 5.56 Å². The Kier molecular flexibility index (Phi) is 4.84. The highest BCUT2D eigenvalue weighted by Gasteiger charge is 2.24. The smallest absolute Gasteiger partial charge is 0.246 e. The van der Waals surface area contributed by atoms with Gasteiger partial charge in [0.1, 0.15) is 12.1 Å². The maximum absolute atomic E-state index is 9.46. The van der Waals surface area contributed by atoms with E-state index >= 15 is 0 Å². The Balaban J connectivity index is 2.27. The Bertz CT molecular complexity index is 527. The Morgan fingerprint density at radius 1 is 1.35 bits per heavy atom. The quantitative estimate of drug-likeness (QED) is 0.832. The molecule has 0 aliphatic rings. The van der Waals surface area contributed by atoms with Crippen LogP contribution in [-0.2, 0) is 4.74 Å². The molecule has 0 aliphatic carbocycles. The molecule has 0 spiro atoms. The van der Waals surface area contributed by atoms with Crippen molar-refractivity contribution in [1.29, 1.82) is 0 Å². The number of aromatic nitrogens is 2. The zero-order valence-corrected chi connectivity index (χ0v) is 11.6. The third-order valence-corrected chi connectivity index (χ3v) is 2.93. The van der Waals surface area contributed by atoms with Crippen molar-refractivity contribution in [2.45, 2.75) is 32.1 Å². The number of nitrogens with two attached hydrogens (primary N) is 1. The Morgan fingerprint density at radius 3 is 2.65 bits per heavy atom. The first-order valence-corrected chi connectivity index (χ1v) is 6.57. The molecule has 0 saturated carbocycles. The Labute approximate surface area is 117 Å². The lowest BCUT2D eigenvalue weighted by Gasteiger charge is -2.13. The van der Waals surface area contributed by atoms with Crippen molar-refractivity contribution in [3.05, 3.63) is 47.6 Å². The molecule has 0 bridgehead atoms. The molecular formula is C14H19N3O3. The highest BCUT2D eigenvalue weighted by atomic mass is 16.5. The molecule has 20 heavy (non-hydrogen) atoms. The molecule has 0 saturated heterocycles. The van der Waals surface area contributed by atoms with E-state index < -0.39 is 18.2 Å². The van der Waals surface area contributed by atoms with Crippen LogP contribution in [0.2, 0.25) is 0 Å². The van der Waals surface area contributed by atoms with Gasteiger partial charge in [-0.3, -0.25) is 0 Å². The van der Waals surface area contributed by atoms with Crippen LogP contribution in [0, 0.1) is 0 Å². The van der Waals surface area contributed by atoms with Gasteiger partial charge in [0.25, 0.3) is 0 Å². The van der Waals surface area contributed by atoms with E-state index in [9.17, 15) is 5.11 Å². The van der Waals surface area contributed by atoms with Crippen molar-refractivity contribution in [3.63, 3.8) is 0 Å². The molecule has 3 atom stereocenters. The maximum atomic E-state index is 9.46. The molecule has 6 nitrogen and oxygen atoms in total. The molecular weight excluding hydrogens is 258 g/mol. The fourth-order valence-corrected chi connectivity index (χ4v) is 1.81. The minimum Gasteiger partial charge on any atom is -0.391 e. The second-order valence-corrected chi connectivity index (χ2v) is 4.50. The number of ether oxygens (including phenoxy) is 1. The van der Waals surface area contributed by atoms with Crippen LogP contribution in [0.5, 0.6) is 0 Å². The second kappa shape index (κ2) is 6.60. The first kappa shape index (κ1) is 14.6. The van der Waals surface area contributed by atoms with Crippen LogP contribution in [-0.4, -0.2) is 28.0 Å². The molecule has 0 radical (unpaired) electrons. The number of rotatable bonds is 6. The normalized spacial score (nSPS) is 15.8. The topological polar surface area (TPSA) is 94.4 Å². The summed E-state index contributed by atoms with van der Waals surface area (Å²) < 4.78 is 10.8. The number of hydrogen-bond donors (Lipinski definition) is 2. The van der Waals surface area contributed by atoms with E-state index in [1.807, 2.05) is 37.3 Å². The first-order chi connectivity index (χ1) is 9.63. The largest absolute Gasteiger partial charge is 0.391 e. The highest BCUT2D eigenvalue weighted by molar-refractivity contribution is 5.22. The van der Waals surface area contributed by atoms with Gasteiger partial charge in [0.05, 0.1) is 6.10 Å². The minimum atomic E-state index is -0.759. The number of aliphatic hydroxyl groups is 1. The molecule has 2 aromatic rings. The summed E-state index contributed by atoms with van der Waals surface area (Å²) in [5.74, 6) is 0.611. The van der Waals surface area contributed by atoms with E-state index in [4.69, 9.17) is 15.0 Å². The van der Waals surface area contributed by atoms with Crippen LogP contribution >= 0.6 is 0 Å². The van der Waals surface area contributed by atoms with Gasteiger partial charge in [0.2, 0.25) is 11.7 Å². The Hall–Kier alpha value is -1.76. The van der Waals surface area contributed by atoms with Crippen molar-refractivity contribution >= 4 is 0 Å². The van der Waals surface area contributed by atoms with Crippen molar-refractivity contribution in [1.82, 2.24) is 10.1 Å². The van der Waals surface area contributed by atoms with Crippen LogP contribution in [0.4, 0.5) is 0 Å². The summed E-state index contributed by atoms with van der Waals surface area (Å²) in [5, 5.41) is 13.4. The molecule has 1 unspecified atom stereocenters. The predicted molar refractivity (Wildman–Crippen MR) is 72.8 cm³/mol. The van der Waals surface area contributed by atoms with Gasteiger partial charge >= 0.3 is 0 Å². The van der Waals surface area contributed by atoms with Crippen LogP contribution < -0.4 is 5.73 Å². The molecule has 1 aromatic carbocycles. The van der Waals surface area contributed by atoms with E-state index in [0.29, 0.717) is 12.4 Å². The van der Waals surface area contributed by atoms with Gasteiger partial charge < -0.3 is 20.1 Å². The first-order valence-electron chi connectivity index (χ1n) is 6.57. The van der Waals surface area contributed by atoms with Crippen molar-refractivity contribution in [2.24, 2.45) is 5.73 Å². The van der Waals surface area contributed by atoms with E-state index in [-0.39, 0.29) is 5.89 Å². The van der Waals surface area contributed by atoms with Crippen LogP contribution in [0.15, 0.2) is 34.9 Å². The highest BCUT2D eigenvalue weighted by Crippen LogP contribution is 2.24. The fraction of sp³-hybridized carbons (Fsp3) is 0.429. The summed E-state index contributed by atoms with van der Waals surface area (Å²) in [5.41, 5.74) is 6.71. The summed E-state index contributed by atoms with van der Waals surface area (Å²) in [6, 6.07) is 8.94. The summed E-state index contributed by atoms with van der Waals surface area (Å²) in [7, 11) is 0. The van der Waals surface area contributed by atoms with Gasteiger partial charge in [0.15, 0.2) is 0 Å². The third-order valence-electron chi connectivity index (χ3n) is 2.93.